The summed E-state index contributed by atoms with van der Waals surface area (Å²) >= 11 is 18.4. The standard InChI is InChI=1S/C26H17Cl3N2O2/c27-18-10-11-20(23(29)14-18)26(33)31-24-21(12-19(28)13-22(24)25(30)32)17-8-6-16(7-9-17)15-4-2-1-3-5-15/h1-14H,(H2,30,32)(H,31,33). The Morgan fingerprint density at radius 3 is 1.94 bits per heavy atom. The van der Waals surface area contributed by atoms with Crippen molar-refractivity contribution < 1.29 is 9.59 Å². The third-order valence-electron chi connectivity index (χ3n) is 5.09. The lowest BCUT2D eigenvalue weighted by Crippen LogP contribution is -2.19. The average Bonchev–Trinajstić information content (AvgIpc) is 2.80. The molecule has 0 heterocycles. The number of carbonyl (C=O) groups excluding carboxylic acids is 2. The molecule has 0 aromatic heterocycles. The highest BCUT2D eigenvalue weighted by molar-refractivity contribution is 6.37. The molecule has 33 heavy (non-hydrogen) atoms. The van der Waals surface area contributed by atoms with Gasteiger partial charge < -0.3 is 11.1 Å². The molecule has 0 aliphatic rings. The number of benzene rings is 4. The second kappa shape index (κ2) is 9.67. The molecule has 3 N–H and O–H groups in total. The zero-order chi connectivity index (χ0) is 23.5. The summed E-state index contributed by atoms with van der Waals surface area (Å²) in [6, 6.07) is 25.2. The van der Waals surface area contributed by atoms with E-state index in [1.807, 2.05) is 54.6 Å². The van der Waals surface area contributed by atoms with E-state index in [2.05, 4.69) is 5.32 Å². The molecule has 164 valence electrons. The van der Waals surface area contributed by atoms with Crippen LogP contribution in [0.25, 0.3) is 22.3 Å². The fourth-order valence-corrected chi connectivity index (χ4v) is 4.20. The molecule has 4 rings (SSSR count). The summed E-state index contributed by atoms with van der Waals surface area (Å²) in [6.45, 7) is 0. The molecule has 0 spiro atoms. The van der Waals surface area contributed by atoms with Crippen LogP contribution in [0.1, 0.15) is 20.7 Å². The number of amides is 2. The SMILES string of the molecule is NC(=O)c1cc(Cl)cc(-c2ccc(-c3ccccc3)cc2)c1NC(=O)c1ccc(Cl)cc1Cl. The summed E-state index contributed by atoms with van der Waals surface area (Å²) in [7, 11) is 0. The Balaban J connectivity index is 1.78. The Morgan fingerprint density at radius 2 is 1.30 bits per heavy atom. The molecule has 0 aliphatic heterocycles. The normalized spacial score (nSPS) is 10.6. The lowest BCUT2D eigenvalue weighted by Gasteiger charge is -2.16. The minimum atomic E-state index is -0.725. The lowest BCUT2D eigenvalue weighted by molar-refractivity contribution is 0.100. The minimum Gasteiger partial charge on any atom is -0.366 e. The lowest BCUT2D eigenvalue weighted by atomic mass is 9.96. The molecule has 4 aromatic carbocycles. The first-order valence-corrected chi connectivity index (χ1v) is 11.0. The van der Waals surface area contributed by atoms with E-state index in [0.29, 0.717) is 15.6 Å². The van der Waals surface area contributed by atoms with Gasteiger partial charge in [0.1, 0.15) is 0 Å². The van der Waals surface area contributed by atoms with Crippen molar-refractivity contribution in [3.05, 3.63) is 111 Å². The summed E-state index contributed by atoms with van der Waals surface area (Å²) < 4.78 is 0. The molecule has 0 radical (unpaired) electrons. The topological polar surface area (TPSA) is 72.2 Å². The molecule has 0 unspecified atom stereocenters. The third-order valence-corrected chi connectivity index (χ3v) is 5.85. The number of primary amides is 1. The van der Waals surface area contributed by atoms with Crippen molar-refractivity contribution in [2.75, 3.05) is 5.32 Å². The van der Waals surface area contributed by atoms with Gasteiger partial charge in [0.05, 0.1) is 21.8 Å². The molecule has 0 atom stereocenters. The van der Waals surface area contributed by atoms with E-state index in [0.717, 1.165) is 16.7 Å². The fourth-order valence-electron chi connectivity index (χ4n) is 3.49. The number of halogens is 3. The largest absolute Gasteiger partial charge is 0.366 e. The summed E-state index contributed by atoms with van der Waals surface area (Å²) in [5.74, 6) is -1.24. The summed E-state index contributed by atoms with van der Waals surface area (Å²) in [5.41, 5.74) is 9.53. The van der Waals surface area contributed by atoms with Crippen molar-refractivity contribution in [1.82, 2.24) is 0 Å². The van der Waals surface area contributed by atoms with E-state index in [4.69, 9.17) is 40.5 Å². The number of hydrogen-bond acceptors (Lipinski definition) is 2. The van der Waals surface area contributed by atoms with Gasteiger partial charge in [-0.2, -0.15) is 0 Å². The smallest absolute Gasteiger partial charge is 0.257 e. The van der Waals surface area contributed by atoms with Crippen molar-refractivity contribution in [2.24, 2.45) is 5.73 Å². The predicted octanol–water partition coefficient (Wildman–Crippen LogP) is 7.33. The van der Waals surface area contributed by atoms with Crippen LogP contribution in [0.5, 0.6) is 0 Å². The van der Waals surface area contributed by atoms with E-state index in [1.165, 1.54) is 18.2 Å². The van der Waals surface area contributed by atoms with Gasteiger partial charge in [-0.15, -0.1) is 0 Å². The van der Waals surface area contributed by atoms with Crippen molar-refractivity contribution in [3.8, 4) is 22.3 Å². The van der Waals surface area contributed by atoms with Crippen LogP contribution in [0.15, 0.2) is 84.9 Å². The summed E-state index contributed by atoms with van der Waals surface area (Å²) in [5, 5.41) is 3.68. The predicted molar refractivity (Wildman–Crippen MR) is 135 cm³/mol. The van der Waals surface area contributed by atoms with Gasteiger partial charge in [-0.1, -0.05) is 89.4 Å². The number of rotatable bonds is 5. The highest BCUT2D eigenvalue weighted by Gasteiger charge is 2.20. The highest BCUT2D eigenvalue weighted by atomic mass is 35.5. The van der Waals surface area contributed by atoms with E-state index >= 15 is 0 Å². The Labute approximate surface area is 205 Å². The fraction of sp³-hybridized carbons (Fsp3) is 0. The number of carbonyl (C=O) groups is 2. The first-order valence-electron chi connectivity index (χ1n) is 9.89. The number of nitrogens with one attached hydrogen (secondary N) is 1. The van der Waals surface area contributed by atoms with Crippen LogP contribution >= 0.6 is 34.8 Å². The molecule has 4 nitrogen and oxygen atoms in total. The Kier molecular flexibility index (Phi) is 6.70. The Morgan fingerprint density at radius 1 is 0.667 bits per heavy atom. The summed E-state index contributed by atoms with van der Waals surface area (Å²) in [4.78, 5) is 25.2. The maximum Gasteiger partial charge on any atom is 0.257 e. The second-order valence-corrected chi connectivity index (χ2v) is 8.54. The molecule has 0 bridgehead atoms. The Bertz CT molecular complexity index is 1350. The second-order valence-electron chi connectivity index (χ2n) is 7.26. The van der Waals surface area contributed by atoms with Gasteiger partial charge >= 0.3 is 0 Å². The van der Waals surface area contributed by atoms with Gasteiger partial charge in [0.2, 0.25) is 0 Å². The van der Waals surface area contributed by atoms with Crippen LogP contribution in [-0.4, -0.2) is 11.8 Å². The van der Waals surface area contributed by atoms with Crippen LogP contribution in [-0.2, 0) is 0 Å². The summed E-state index contributed by atoms with van der Waals surface area (Å²) in [6.07, 6.45) is 0. The van der Waals surface area contributed by atoms with Crippen LogP contribution in [0, 0.1) is 0 Å². The monoisotopic (exact) mass is 494 g/mol. The molecule has 0 fully saturated rings. The van der Waals surface area contributed by atoms with Crippen molar-refractivity contribution in [3.63, 3.8) is 0 Å². The maximum absolute atomic E-state index is 13.0. The molecular formula is C26H17Cl3N2O2. The first-order chi connectivity index (χ1) is 15.8. The highest BCUT2D eigenvalue weighted by Crippen LogP contribution is 2.36. The average molecular weight is 496 g/mol. The van der Waals surface area contributed by atoms with Gasteiger partial charge in [0.15, 0.2) is 0 Å². The molecular weight excluding hydrogens is 479 g/mol. The molecule has 7 heteroatoms. The number of hydrogen-bond donors (Lipinski definition) is 2. The number of nitrogens with two attached hydrogens (primary N) is 1. The van der Waals surface area contributed by atoms with E-state index < -0.39 is 11.8 Å². The van der Waals surface area contributed by atoms with Crippen LogP contribution < -0.4 is 11.1 Å². The first kappa shape index (κ1) is 22.9. The molecule has 4 aromatic rings. The van der Waals surface area contributed by atoms with Gasteiger partial charge in [-0.3, -0.25) is 9.59 Å². The van der Waals surface area contributed by atoms with Crippen molar-refractivity contribution >= 4 is 52.3 Å². The minimum absolute atomic E-state index is 0.0862. The van der Waals surface area contributed by atoms with Gasteiger partial charge in [-0.05, 0) is 47.0 Å². The van der Waals surface area contributed by atoms with Gasteiger partial charge in [-0.25, -0.2) is 0 Å². The van der Waals surface area contributed by atoms with Gasteiger partial charge in [0, 0.05) is 15.6 Å². The quantitative estimate of drug-likeness (QED) is 0.304. The van der Waals surface area contributed by atoms with Crippen molar-refractivity contribution in [2.45, 2.75) is 0 Å². The van der Waals surface area contributed by atoms with Crippen molar-refractivity contribution in [1.29, 1.82) is 0 Å². The third kappa shape index (κ3) is 5.04. The molecule has 0 saturated carbocycles. The Hall–Kier alpha value is -3.31. The van der Waals surface area contributed by atoms with E-state index in [-0.39, 0.29) is 21.8 Å². The zero-order valence-electron chi connectivity index (χ0n) is 17.1. The number of anilines is 1. The van der Waals surface area contributed by atoms with E-state index in [9.17, 15) is 9.59 Å². The molecule has 0 saturated heterocycles. The van der Waals surface area contributed by atoms with Crippen LogP contribution in [0.3, 0.4) is 0 Å². The zero-order valence-corrected chi connectivity index (χ0v) is 19.4. The van der Waals surface area contributed by atoms with E-state index in [1.54, 1.807) is 12.1 Å². The maximum atomic E-state index is 13.0. The molecule has 2 amide bonds. The van der Waals surface area contributed by atoms with Gasteiger partial charge in [0.25, 0.3) is 11.8 Å². The van der Waals surface area contributed by atoms with Crippen LogP contribution in [0.2, 0.25) is 15.1 Å². The van der Waals surface area contributed by atoms with Crippen LogP contribution in [0.4, 0.5) is 5.69 Å². The molecule has 0 aliphatic carbocycles.